The van der Waals surface area contributed by atoms with Gasteiger partial charge in [-0.2, -0.15) is 0 Å². The number of fused-ring (bicyclic) bond motifs is 2. The molecular weight excluding hydrogens is 331 g/mol. The first-order valence-corrected chi connectivity index (χ1v) is 9.19. The lowest BCUT2D eigenvalue weighted by atomic mass is 9.86. The van der Waals surface area contributed by atoms with E-state index >= 15 is 0 Å². The van der Waals surface area contributed by atoms with Crippen LogP contribution in [0.25, 0.3) is 0 Å². The maximum Gasteiger partial charge on any atom is 0.311 e. The fourth-order valence-corrected chi connectivity index (χ4v) is 4.46. The van der Waals surface area contributed by atoms with Gasteiger partial charge in [0, 0.05) is 17.5 Å². The summed E-state index contributed by atoms with van der Waals surface area (Å²) in [5.74, 6) is 1.68. The van der Waals surface area contributed by atoms with Crippen LogP contribution < -0.4 is 4.74 Å². The van der Waals surface area contributed by atoms with Crippen molar-refractivity contribution in [3.05, 3.63) is 65.5 Å². The molecule has 2 bridgehead atoms. The Hall–Kier alpha value is -2.49. The predicted octanol–water partition coefficient (Wildman–Crippen LogP) is 4.79. The Bertz CT molecular complexity index is 810. The average molecular weight is 352 g/mol. The maximum absolute atomic E-state index is 13.0. The van der Waals surface area contributed by atoms with Gasteiger partial charge < -0.3 is 4.74 Å². The van der Waals surface area contributed by atoms with E-state index in [1.54, 1.807) is 24.3 Å². The highest BCUT2D eigenvalue weighted by molar-refractivity contribution is 6.09. The third kappa shape index (κ3) is 3.55. The Morgan fingerprint density at radius 3 is 2.15 bits per heavy atom. The number of hydrogen-bond donors (Lipinski definition) is 0. The molecule has 2 aromatic carbocycles. The van der Waals surface area contributed by atoms with Crippen LogP contribution in [0.3, 0.4) is 0 Å². The zero-order chi connectivity index (χ0) is 18.1. The molecule has 3 nitrogen and oxygen atoms in total. The van der Waals surface area contributed by atoms with Gasteiger partial charge in [-0.3, -0.25) is 9.59 Å². The number of halogens is 1. The molecule has 2 aliphatic carbocycles. The molecule has 26 heavy (non-hydrogen) atoms. The summed E-state index contributed by atoms with van der Waals surface area (Å²) < 4.78 is 18.4. The van der Waals surface area contributed by atoms with Gasteiger partial charge in [0.25, 0.3) is 0 Å². The van der Waals surface area contributed by atoms with Crippen LogP contribution in [0.5, 0.6) is 5.75 Å². The van der Waals surface area contributed by atoms with Gasteiger partial charge in [0.2, 0.25) is 0 Å². The van der Waals surface area contributed by atoms with E-state index in [0.717, 1.165) is 12.3 Å². The molecule has 3 atom stereocenters. The van der Waals surface area contributed by atoms with Crippen LogP contribution in [0.2, 0.25) is 0 Å². The molecule has 0 saturated heterocycles. The van der Waals surface area contributed by atoms with E-state index in [1.165, 1.54) is 43.5 Å². The van der Waals surface area contributed by atoms with E-state index in [-0.39, 0.29) is 17.6 Å². The molecule has 0 aliphatic heterocycles. The Kier molecular flexibility index (Phi) is 4.58. The van der Waals surface area contributed by atoms with Crippen LogP contribution in [0.15, 0.2) is 48.5 Å². The van der Waals surface area contributed by atoms with Crippen molar-refractivity contribution in [1.29, 1.82) is 0 Å². The highest BCUT2D eigenvalue weighted by Crippen LogP contribution is 2.49. The topological polar surface area (TPSA) is 43.4 Å². The summed E-state index contributed by atoms with van der Waals surface area (Å²) in [6.45, 7) is 0. The van der Waals surface area contributed by atoms with Crippen molar-refractivity contribution in [2.24, 2.45) is 17.8 Å². The van der Waals surface area contributed by atoms with E-state index in [0.29, 0.717) is 35.1 Å². The molecule has 0 aromatic heterocycles. The van der Waals surface area contributed by atoms with Crippen LogP contribution in [0, 0.1) is 23.6 Å². The summed E-state index contributed by atoms with van der Waals surface area (Å²) in [6.07, 6.45) is 5.49. The molecule has 0 spiro atoms. The number of carbonyl (C=O) groups excluding carboxylic acids is 2. The summed E-state index contributed by atoms with van der Waals surface area (Å²) in [5, 5.41) is 0. The van der Waals surface area contributed by atoms with Gasteiger partial charge in [-0.15, -0.1) is 0 Å². The molecule has 2 aliphatic rings. The van der Waals surface area contributed by atoms with Gasteiger partial charge in [-0.05, 0) is 85.5 Å². The number of esters is 1. The first-order chi connectivity index (χ1) is 12.6. The number of rotatable bonds is 5. The van der Waals surface area contributed by atoms with Crippen LogP contribution in [-0.4, -0.2) is 11.8 Å². The second kappa shape index (κ2) is 7.02. The second-order valence-corrected chi connectivity index (χ2v) is 7.47. The summed E-state index contributed by atoms with van der Waals surface area (Å²) in [7, 11) is 0. The van der Waals surface area contributed by atoms with Crippen molar-refractivity contribution < 1.29 is 18.7 Å². The molecule has 0 radical (unpaired) electrons. The maximum atomic E-state index is 13.0. The van der Waals surface area contributed by atoms with Crippen LogP contribution in [0.4, 0.5) is 4.39 Å². The summed E-state index contributed by atoms with van der Waals surface area (Å²) >= 11 is 0. The van der Waals surface area contributed by atoms with Crippen molar-refractivity contribution in [3.8, 4) is 5.75 Å². The van der Waals surface area contributed by atoms with Gasteiger partial charge in [0.15, 0.2) is 5.78 Å². The van der Waals surface area contributed by atoms with Crippen molar-refractivity contribution in [2.45, 2.75) is 32.1 Å². The zero-order valence-electron chi connectivity index (χ0n) is 14.5. The highest BCUT2D eigenvalue weighted by Gasteiger charge is 2.40. The standard InChI is InChI=1S/C22H21FO3/c23-19-7-3-15(4-8-19)22(25)16-5-9-20(10-6-16)26-21(24)13-18-12-14-1-2-17(18)11-14/h3-10,14,17-18H,1-2,11-13H2/t14-,17+,18-/m0/s1. The second-order valence-electron chi connectivity index (χ2n) is 7.47. The Labute approximate surface area is 152 Å². The van der Waals surface area contributed by atoms with Gasteiger partial charge in [0.1, 0.15) is 11.6 Å². The fourth-order valence-electron chi connectivity index (χ4n) is 4.46. The monoisotopic (exact) mass is 352 g/mol. The highest BCUT2D eigenvalue weighted by atomic mass is 19.1. The third-order valence-corrected chi connectivity index (χ3v) is 5.77. The van der Waals surface area contributed by atoms with E-state index < -0.39 is 0 Å². The van der Waals surface area contributed by atoms with Gasteiger partial charge >= 0.3 is 5.97 Å². The molecule has 4 heteroatoms. The number of carbonyl (C=O) groups is 2. The molecular formula is C22H21FO3. The summed E-state index contributed by atoms with van der Waals surface area (Å²) in [4.78, 5) is 24.6. The Balaban J connectivity index is 1.36. The molecule has 0 unspecified atom stereocenters. The minimum atomic E-state index is -0.376. The van der Waals surface area contributed by atoms with Gasteiger partial charge in [0.05, 0.1) is 0 Å². The van der Waals surface area contributed by atoms with Crippen LogP contribution >= 0.6 is 0 Å². The molecule has 134 valence electrons. The lowest BCUT2D eigenvalue weighted by molar-refractivity contribution is -0.135. The largest absolute Gasteiger partial charge is 0.427 e. The smallest absolute Gasteiger partial charge is 0.311 e. The number of ether oxygens (including phenoxy) is 1. The van der Waals surface area contributed by atoms with Gasteiger partial charge in [-0.25, -0.2) is 4.39 Å². The first kappa shape index (κ1) is 17.0. The summed E-state index contributed by atoms with van der Waals surface area (Å²) in [6, 6.07) is 12.0. The van der Waals surface area contributed by atoms with Gasteiger partial charge in [-0.1, -0.05) is 6.42 Å². The fraction of sp³-hybridized carbons (Fsp3) is 0.364. The average Bonchev–Trinajstić information content (AvgIpc) is 3.25. The van der Waals surface area contributed by atoms with Crippen LogP contribution in [-0.2, 0) is 4.79 Å². The molecule has 2 fully saturated rings. The van der Waals surface area contributed by atoms with E-state index in [9.17, 15) is 14.0 Å². The number of ketones is 1. The van der Waals surface area contributed by atoms with E-state index in [4.69, 9.17) is 4.74 Å². The quantitative estimate of drug-likeness (QED) is 0.441. The summed E-state index contributed by atoms with van der Waals surface area (Å²) in [5.41, 5.74) is 0.900. The van der Waals surface area contributed by atoms with Crippen molar-refractivity contribution in [3.63, 3.8) is 0 Å². The lowest BCUT2D eigenvalue weighted by Crippen LogP contribution is -2.18. The molecule has 4 rings (SSSR count). The molecule has 2 aromatic rings. The van der Waals surface area contributed by atoms with E-state index in [1.807, 2.05) is 0 Å². The van der Waals surface area contributed by atoms with Crippen molar-refractivity contribution in [1.82, 2.24) is 0 Å². The molecule has 0 amide bonds. The van der Waals surface area contributed by atoms with Crippen molar-refractivity contribution >= 4 is 11.8 Å². The predicted molar refractivity (Wildman–Crippen MR) is 95.5 cm³/mol. The minimum absolute atomic E-state index is 0.190. The third-order valence-electron chi connectivity index (χ3n) is 5.77. The molecule has 0 N–H and O–H groups in total. The Morgan fingerprint density at radius 1 is 0.923 bits per heavy atom. The Morgan fingerprint density at radius 2 is 1.58 bits per heavy atom. The first-order valence-electron chi connectivity index (χ1n) is 9.19. The normalized spacial score (nSPS) is 23.8. The number of hydrogen-bond acceptors (Lipinski definition) is 3. The minimum Gasteiger partial charge on any atom is -0.427 e. The lowest BCUT2D eigenvalue weighted by Gasteiger charge is -2.20. The van der Waals surface area contributed by atoms with Crippen LogP contribution in [0.1, 0.15) is 48.0 Å². The molecule has 0 heterocycles. The zero-order valence-corrected chi connectivity index (χ0v) is 14.5. The van der Waals surface area contributed by atoms with E-state index in [2.05, 4.69) is 0 Å². The molecule has 2 saturated carbocycles. The number of benzene rings is 2. The SMILES string of the molecule is O=C(C[C@@H]1C[C@H]2CC[C@@H]1C2)Oc1ccc(C(=O)c2ccc(F)cc2)cc1. The van der Waals surface area contributed by atoms with Crippen molar-refractivity contribution in [2.75, 3.05) is 0 Å².